The van der Waals surface area contributed by atoms with Crippen molar-refractivity contribution in [2.24, 2.45) is 0 Å². The van der Waals surface area contributed by atoms with Crippen molar-refractivity contribution in [3.8, 4) is 0 Å². The average Bonchev–Trinajstić information content (AvgIpc) is 2.65. The zero-order valence-corrected chi connectivity index (χ0v) is 10.6. The Labute approximate surface area is 104 Å². The monoisotopic (exact) mass is 284 g/mol. The molecule has 0 radical (unpaired) electrons. The fraction of sp³-hybridized carbons (Fsp3) is 0.273. The van der Waals surface area contributed by atoms with Crippen LogP contribution in [0.5, 0.6) is 0 Å². The Bertz CT molecular complexity index is 482. The van der Waals surface area contributed by atoms with E-state index in [1.807, 2.05) is 45.9 Å². The van der Waals surface area contributed by atoms with Crippen LogP contribution < -0.4 is 21.5 Å². The van der Waals surface area contributed by atoms with E-state index < -0.39 is 0 Å². The van der Waals surface area contributed by atoms with E-state index in [4.69, 9.17) is 4.74 Å². The average molecular weight is 285 g/mol. The quantitative estimate of drug-likeness (QED) is 0.474. The minimum Gasteiger partial charge on any atom is -1.00 e. The standard InChI is InChI=1S/C11H13N2O2.BrH/c1-2-15-11(14)9-12-6-7-13-5-3-4-10(13)8-12;/h3-8H,2,9H2,1H3;1H/q+1;/p-1. The third-order valence-corrected chi connectivity index (χ3v) is 2.15. The van der Waals surface area contributed by atoms with E-state index in [1.54, 1.807) is 6.92 Å². The highest BCUT2D eigenvalue weighted by molar-refractivity contribution is 5.67. The molecule has 2 aromatic rings. The number of esters is 1. The van der Waals surface area contributed by atoms with Gasteiger partial charge in [0.2, 0.25) is 6.54 Å². The van der Waals surface area contributed by atoms with Crippen molar-refractivity contribution in [2.75, 3.05) is 6.61 Å². The highest BCUT2D eigenvalue weighted by Crippen LogP contribution is 1.99. The summed E-state index contributed by atoms with van der Waals surface area (Å²) < 4.78 is 8.67. The molecule has 0 N–H and O–H groups in total. The van der Waals surface area contributed by atoms with Gasteiger partial charge in [0.05, 0.1) is 12.8 Å². The first kappa shape index (κ1) is 12.7. The first-order chi connectivity index (χ1) is 7.29. The van der Waals surface area contributed by atoms with Gasteiger partial charge in [-0.05, 0) is 19.1 Å². The van der Waals surface area contributed by atoms with Crippen molar-refractivity contribution < 1.29 is 31.1 Å². The summed E-state index contributed by atoms with van der Waals surface area (Å²) in [5.74, 6) is -0.210. The summed E-state index contributed by atoms with van der Waals surface area (Å²) in [4.78, 5) is 11.2. The summed E-state index contributed by atoms with van der Waals surface area (Å²) in [6.07, 6.45) is 7.64. The van der Waals surface area contributed by atoms with Crippen LogP contribution in [0.15, 0.2) is 36.9 Å². The molecule has 0 spiro atoms. The summed E-state index contributed by atoms with van der Waals surface area (Å²) in [6, 6.07) is 3.95. The highest BCUT2D eigenvalue weighted by atomic mass is 79.9. The molecule has 0 bridgehead atoms. The Morgan fingerprint density at radius 3 is 3.06 bits per heavy atom. The maximum absolute atomic E-state index is 11.2. The number of hydrogen-bond donors (Lipinski definition) is 0. The first-order valence-electron chi connectivity index (χ1n) is 4.91. The molecule has 0 aromatic carbocycles. The Morgan fingerprint density at radius 2 is 2.31 bits per heavy atom. The summed E-state index contributed by atoms with van der Waals surface area (Å²) in [5.41, 5.74) is 1.06. The zero-order valence-electron chi connectivity index (χ0n) is 8.97. The van der Waals surface area contributed by atoms with E-state index in [-0.39, 0.29) is 29.5 Å². The predicted molar refractivity (Wildman–Crippen MR) is 54.2 cm³/mol. The molecule has 2 aromatic heterocycles. The smallest absolute Gasteiger partial charge is 0.372 e. The number of rotatable bonds is 3. The van der Waals surface area contributed by atoms with Crippen molar-refractivity contribution in [1.82, 2.24) is 4.40 Å². The van der Waals surface area contributed by atoms with Crippen molar-refractivity contribution in [3.05, 3.63) is 36.9 Å². The van der Waals surface area contributed by atoms with Gasteiger partial charge in [0.1, 0.15) is 5.52 Å². The molecule has 2 rings (SSSR count). The van der Waals surface area contributed by atoms with Gasteiger partial charge in [-0.3, -0.25) is 0 Å². The van der Waals surface area contributed by atoms with Gasteiger partial charge in [-0.2, -0.15) is 4.57 Å². The van der Waals surface area contributed by atoms with Crippen LogP contribution in [-0.2, 0) is 16.1 Å². The number of carbonyl (C=O) groups is 1. The molecule has 0 aliphatic carbocycles. The Balaban J connectivity index is 0.00000128. The van der Waals surface area contributed by atoms with Crippen LogP contribution in [0, 0.1) is 0 Å². The SMILES string of the molecule is CCOC(=O)C[n+]1ccn2cccc2c1.[Br-]. The third kappa shape index (κ3) is 2.82. The van der Waals surface area contributed by atoms with Crippen LogP contribution in [0.3, 0.4) is 0 Å². The van der Waals surface area contributed by atoms with E-state index in [1.165, 1.54) is 0 Å². The van der Waals surface area contributed by atoms with Gasteiger partial charge in [0.25, 0.3) is 0 Å². The lowest BCUT2D eigenvalue weighted by Gasteiger charge is -1.98. The molecule has 0 saturated heterocycles. The molecule has 0 atom stereocenters. The van der Waals surface area contributed by atoms with Crippen molar-refractivity contribution in [3.63, 3.8) is 0 Å². The second kappa shape index (κ2) is 5.65. The van der Waals surface area contributed by atoms with Gasteiger partial charge in [-0.15, -0.1) is 0 Å². The van der Waals surface area contributed by atoms with Crippen LogP contribution in [0.4, 0.5) is 0 Å². The molecule has 86 valence electrons. The minimum absolute atomic E-state index is 0. The maximum Gasteiger partial charge on any atom is 0.372 e. The van der Waals surface area contributed by atoms with E-state index in [2.05, 4.69) is 0 Å². The molecule has 5 heteroatoms. The van der Waals surface area contributed by atoms with Gasteiger partial charge in [-0.25, -0.2) is 4.79 Å². The van der Waals surface area contributed by atoms with Crippen LogP contribution >= 0.6 is 0 Å². The zero-order chi connectivity index (χ0) is 10.7. The molecule has 0 unspecified atom stereocenters. The van der Waals surface area contributed by atoms with Gasteiger partial charge in [-0.1, -0.05) is 0 Å². The number of ether oxygens (including phenoxy) is 1. The number of halogens is 1. The Kier molecular flexibility index (Phi) is 4.49. The Morgan fingerprint density at radius 1 is 1.50 bits per heavy atom. The topological polar surface area (TPSA) is 34.6 Å². The molecule has 0 aliphatic heterocycles. The molecule has 2 heterocycles. The third-order valence-electron chi connectivity index (χ3n) is 2.15. The molecule has 0 saturated carbocycles. The largest absolute Gasteiger partial charge is 1.00 e. The summed E-state index contributed by atoms with van der Waals surface area (Å²) >= 11 is 0. The number of hydrogen-bond acceptors (Lipinski definition) is 2. The fourth-order valence-electron chi connectivity index (χ4n) is 1.48. The molecule has 16 heavy (non-hydrogen) atoms. The summed E-state index contributed by atoms with van der Waals surface area (Å²) in [5, 5.41) is 0. The summed E-state index contributed by atoms with van der Waals surface area (Å²) in [6.45, 7) is 2.49. The van der Waals surface area contributed by atoms with Crippen molar-refractivity contribution in [1.29, 1.82) is 0 Å². The van der Waals surface area contributed by atoms with Crippen LogP contribution in [0.25, 0.3) is 5.52 Å². The predicted octanol–water partition coefficient (Wildman–Crippen LogP) is -2.21. The van der Waals surface area contributed by atoms with E-state index in [9.17, 15) is 4.79 Å². The van der Waals surface area contributed by atoms with Crippen LogP contribution in [0.2, 0.25) is 0 Å². The maximum atomic E-state index is 11.2. The Hall–Kier alpha value is -1.36. The van der Waals surface area contributed by atoms with E-state index >= 15 is 0 Å². The molecule has 0 aliphatic rings. The molecule has 4 nitrogen and oxygen atoms in total. The number of aromatic nitrogens is 2. The number of carbonyl (C=O) groups excluding carboxylic acids is 1. The van der Waals surface area contributed by atoms with Crippen LogP contribution in [-0.4, -0.2) is 17.0 Å². The van der Waals surface area contributed by atoms with Crippen molar-refractivity contribution in [2.45, 2.75) is 13.5 Å². The second-order valence-corrected chi connectivity index (χ2v) is 3.24. The van der Waals surface area contributed by atoms with Gasteiger partial charge >= 0.3 is 5.97 Å². The molecule has 0 fully saturated rings. The second-order valence-electron chi connectivity index (χ2n) is 3.24. The number of nitrogens with zero attached hydrogens (tertiary/aromatic N) is 2. The van der Waals surface area contributed by atoms with Gasteiger partial charge in [0, 0.05) is 6.20 Å². The molecular formula is C11H13BrN2O2. The molecule has 0 amide bonds. The first-order valence-corrected chi connectivity index (χ1v) is 4.91. The van der Waals surface area contributed by atoms with Gasteiger partial charge in [0.15, 0.2) is 12.4 Å². The fourth-order valence-corrected chi connectivity index (χ4v) is 1.48. The minimum atomic E-state index is -0.210. The van der Waals surface area contributed by atoms with Crippen LogP contribution in [0.1, 0.15) is 6.92 Å². The lowest BCUT2D eigenvalue weighted by molar-refractivity contribution is -0.685. The highest BCUT2D eigenvalue weighted by Gasteiger charge is 2.10. The lowest BCUT2D eigenvalue weighted by atomic mass is 10.5. The number of fused-ring (bicyclic) bond motifs is 1. The van der Waals surface area contributed by atoms with E-state index in [0.717, 1.165) is 5.52 Å². The summed E-state index contributed by atoms with van der Waals surface area (Å²) in [7, 11) is 0. The normalized spacial score (nSPS) is 9.81. The van der Waals surface area contributed by atoms with Gasteiger partial charge < -0.3 is 26.1 Å². The molecular weight excluding hydrogens is 272 g/mol. The van der Waals surface area contributed by atoms with Crippen molar-refractivity contribution >= 4 is 11.5 Å². The van der Waals surface area contributed by atoms with E-state index in [0.29, 0.717) is 6.61 Å². The lowest BCUT2D eigenvalue weighted by Crippen LogP contribution is -3.00.